The fourth-order valence-electron chi connectivity index (χ4n) is 1.95. The molecule has 0 radical (unpaired) electrons. The average Bonchev–Trinajstić information content (AvgIpc) is 2.71. The van der Waals surface area contributed by atoms with Crippen molar-refractivity contribution in [2.45, 2.75) is 33.1 Å². The molecule has 18 heavy (non-hydrogen) atoms. The van der Waals surface area contributed by atoms with Crippen molar-refractivity contribution in [3.05, 3.63) is 34.8 Å². The highest BCUT2D eigenvalue weighted by atomic mass is 32.1. The predicted octanol–water partition coefficient (Wildman–Crippen LogP) is 4.42. The molecule has 0 aliphatic heterocycles. The summed E-state index contributed by atoms with van der Waals surface area (Å²) in [6, 6.07) is 8.07. The molecule has 2 nitrogen and oxygen atoms in total. The summed E-state index contributed by atoms with van der Waals surface area (Å²) in [4.78, 5) is 6.08. The fraction of sp³-hybridized carbons (Fsp3) is 0.400. The lowest BCUT2D eigenvalue weighted by Crippen LogP contribution is -2.12. The molecule has 0 atom stereocenters. The summed E-state index contributed by atoms with van der Waals surface area (Å²) < 4.78 is 5.17. The van der Waals surface area contributed by atoms with Crippen molar-refractivity contribution in [1.29, 1.82) is 0 Å². The molecule has 0 unspecified atom stereocenters. The van der Waals surface area contributed by atoms with Gasteiger partial charge in [-0.05, 0) is 31.2 Å². The van der Waals surface area contributed by atoms with E-state index in [9.17, 15) is 0 Å². The Morgan fingerprint density at radius 2 is 1.72 bits per heavy atom. The Kier molecular flexibility index (Phi) is 3.44. The molecule has 0 N–H and O–H groups in total. The number of aromatic nitrogens is 1. The van der Waals surface area contributed by atoms with E-state index in [4.69, 9.17) is 9.72 Å². The quantitative estimate of drug-likeness (QED) is 0.798. The third-order valence-electron chi connectivity index (χ3n) is 2.84. The summed E-state index contributed by atoms with van der Waals surface area (Å²) in [6.45, 7) is 8.75. The molecule has 0 aliphatic carbocycles. The molecule has 2 aromatic rings. The third kappa shape index (κ3) is 2.56. The standard InChI is InChI=1S/C15H19NOS/c1-10-13(15(2,3)4)16-14(18-10)11-6-8-12(17-5)9-7-11/h6-9H,1-5H3. The largest absolute Gasteiger partial charge is 0.497 e. The second-order valence-corrected chi connectivity index (χ2v) is 6.61. The van der Waals surface area contributed by atoms with Gasteiger partial charge in [-0.25, -0.2) is 4.98 Å². The monoisotopic (exact) mass is 261 g/mol. The van der Waals surface area contributed by atoms with Crippen LogP contribution < -0.4 is 4.74 Å². The van der Waals surface area contributed by atoms with Crippen molar-refractivity contribution in [1.82, 2.24) is 4.98 Å². The molecular formula is C15H19NOS. The van der Waals surface area contributed by atoms with Gasteiger partial charge in [-0.1, -0.05) is 20.8 Å². The molecule has 3 heteroatoms. The molecule has 96 valence electrons. The lowest BCUT2D eigenvalue weighted by molar-refractivity contribution is 0.415. The Bertz CT molecular complexity index is 535. The van der Waals surface area contributed by atoms with Crippen LogP contribution >= 0.6 is 11.3 Å². The van der Waals surface area contributed by atoms with Gasteiger partial charge in [0.1, 0.15) is 10.8 Å². The lowest BCUT2D eigenvalue weighted by Gasteiger charge is -2.16. The van der Waals surface area contributed by atoms with Gasteiger partial charge in [0.2, 0.25) is 0 Å². The molecule has 2 rings (SSSR count). The maximum atomic E-state index is 5.17. The zero-order chi connectivity index (χ0) is 13.3. The molecule has 1 aromatic carbocycles. The second-order valence-electron chi connectivity index (χ2n) is 5.40. The van der Waals surface area contributed by atoms with Crippen LogP contribution in [0.25, 0.3) is 10.6 Å². The predicted molar refractivity (Wildman–Crippen MR) is 77.5 cm³/mol. The minimum Gasteiger partial charge on any atom is -0.497 e. The van der Waals surface area contributed by atoms with Crippen molar-refractivity contribution in [3.8, 4) is 16.3 Å². The van der Waals surface area contributed by atoms with Crippen LogP contribution in [-0.2, 0) is 5.41 Å². The first kappa shape index (κ1) is 13.1. The smallest absolute Gasteiger partial charge is 0.123 e. The fourth-order valence-corrected chi connectivity index (χ4v) is 3.08. The summed E-state index contributed by atoms with van der Waals surface area (Å²) in [5.41, 5.74) is 2.45. The number of methoxy groups -OCH3 is 1. The average molecular weight is 261 g/mol. The topological polar surface area (TPSA) is 22.1 Å². The van der Waals surface area contributed by atoms with E-state index in [0.717, 1.165) is 16.3 Å². The third-order valence-corrected chi connectivity index (χ3v) is 3.86. The Hall–Kier alpha value is -1.35. The van der Waals surface area contributed by atoms with Crippen LogP contribution in [0.15, 0.2) is 24.3 Å². The van der Waals surface area contributed by atoms with Crippen LogP contribution in [0.4, 0.5) is 0 Å². The van der Waals surface area contributed by atoms with E-state index in [1.807, 2.05) is 12.1 Å². The SMILES string of the molecule is COc1ccc(-c2nc(C(C)(C)C)c(C)s2)cc1. The van der Waals surface area contributed by atoms with Crippen molar-refractivity contribution in [2.24, 2.45) is 0 Å². The minimum atomic E-state index is 0.102. The zero-order valence-electron chi connectivity index (χ0n) is 11.6. The molecule has 0 aliphatic rings. The lowest BCUT2D eigenvalue weighted by atomic mass is 9.91. The van der Waals surface area contributed by atoms with Gasteiger partial charge < -0.3 is 4.74 Å². The number of benzene rings is 1. The minimum absolute atomic E-state index is 0.102. The van der Waals surface area contributed by atoms with Crippen LogP contribution in [0.1, 0.15) is 31.3 Å². The number of aryl methyl sites for hydroxylation is 1. The Balaban J connectivity index is 2.39. The molecule has 0 spiro atoms. The van der Waals surface area contributed by atoms with E-state index in [1.165, 1.54) is 10.6 Å². The van der Waals surface area contributed by atoms with E-state index in [1.54, 1.807) is 18.4 Å². The van der Waals surface area contributed by atoms with Crippen molar-refractivity contribution in [2.75, 3.05) is 7.11 Å². The van der Waals surface area contributed by atoms with Crippen LogP contribution in [0.2, 0.25) is 0 Å². The summed E-state index contributed by atoms with van der Waals surface area (Å²) in [7, 11) is 1.68. The Labute approximate surface area is 113 Å². The van der Waals surface area contributed by atoms with Gasteiger partial charge in [-0.2, -0.15) is 0 Å². The molecule has 0 saturated carbocycles. The van der Waals surface area contributed by atoms with Crippen molar-refractivity contribution >= 4 is 11.3 Å². The maximum absolute atomic E-state index is 5.17. The van der Waals surface area contributed by atoms with E-state index < -0.39 is 0 Å². The number of rotatable bonds is 2. The summed E-state index contributed by atoms with van der Waals surface area (Å²) in [5.74, 6) is 0.878. The highest BCUT2D eigenvalue weighted by molar-refractivity contribution is 7.15. The van der Waals surface area contributed by atoms with Crippen molar-refractivity contribution < 1.29 is 4.74 Å². The highest BCUT2D eigenvalue weighted by Crippen LogP contribution is 2.34. The van der Waals surface area contributed by atoms with Gasteiger partial charge in [0.05, 0.1) is 12.8 Å². The Morgan fingerprint density at radius 1 is 1.11 bits per heavy atom. The normalized spacial score (nSPS) is 11.6. The van der Waals surface area contributed by atoms with Crippen LogP contribution in [-0.4, -0.2) is 12.1 Å². The first-order valence-electron chi connectivity index (χ1n) is 6.04. The number of nitrogens with zero attached hydrogens (tertiary/aromatic N) is 1. The van der Waals surface area contributed by atoms with E-state index in [0.29, 0.717) is 0 Å². The van der Waals surface area contributed by atoms with Gasteiger partial charge in [0.15, 0.2) is 0 Å². The maximum Gasteiger partial charge on any atom is 0.123 e. The van der Waals surface area contributed by atoms with E-state index >= 15 is 0 Å². The first-order valence-corrected chi connectivity index (χ1v) is 6.86. The summed E-state index contributed by atoms with van der Waals surface area (Å²) >= 11 is 1.76. The van der Waals surface area contributed by atoms with Gasteiger partial charge in [0, 0.05) is 15.9 Å². The number of hydrogen-bond donors (Lipinski definition) is 0. The molecule has 1 aromatic heterocycles. The van der Waals surface area contributed by atoms with Crippen LogP contribution in [0, 0.1) is 6.92 Å². The highest BCUT2D eigenvalue weighted by Gasteiger charge is 2.21. The van der Waals surface area contributed by atoms with Crippen LogP contribution in [0.3, 0.4) is 0 Å². The Morgan fingerprint density at radius 3 is 2.17 bits per heavy atom. The van der Waals surface area contributed by atoms with Gasteiger partial charge in [-0.15, -0.1) is 11.3 Å². The molecule has 0 fully saturated rings. The zero-order valence-corrected chi connectivity index (χ0v) is 12.4. The van der Waals surface area contributed by atoms with Gasteiger partial charge in [0.25, 0.3) is 0 Å². The number of hydrogen-bond acceptors (Lipinski definition) is 3. The number of ether oxygens (including phenoxy) is 1. The van der Waals surface area contributed by atoms with Gasteiger partial charge in [-0.3, -0.25) is 0 Å². The molecular weight excluding hydrogens is 242 g/mol. The van der Waals surface area contributed by atoms with Crippen molar-refractivity contribution in [3.63, 3.8) is 0 Å². The van der Waals surface area contributed by atoms with Crippen LogP contribution in [0.5, 0.6) is 5.75 Å². The second kappa shape index (κ2) is 4.73. The summed E-state index contributed by atoms with van der Waals surface area (Å²) in [6.07, 6.45) is 0. The van der Waals surface area contributed by atoms with E-state index in [2.05, 4.69) is 39.8 Å². The van der Waals surface area contributed by atoms with Gasteiger partial charge >= 0.3 is 0 Å². The van der Waals surface area contributed by atoms with E-state index in [-0.39, 0.29) is 5.41 Å². The molecule has 0 saturated heterocycles. The molecule has 1 heterocycles. The molecule has 0 bridgehead atoms. The first-order chi connectivity index (χ1) is 8.41. The molecule has 0 amide bonds. The summed E-state index contributed by atoms with van der Waals surface area (Å²) in [5, 5.41) is 1.08. The number of thiazole rings is 1.